The molecule has 1 aromatic rings. The molecule has 0 aliphatic heterocycles. The van der Waals surface area contributed by atoms with Crippen LogP contribution in [0.15, 0.2) is 12.1 Å². The van der Waals surface area contributed by atoms with Crippen LogP contribution >= 0.6 is 0 Å². The zero-order chi connectivity index (χ0) is 14.5. The molecule has 0 radical (unpaired) electrons. The molecule has 1 heterocycles. The predicted octanol–water partition coefficient (Wildman–Crippen LogP) is 3.88. The molecular weight excluding hydrogens is 248 g/mol. The third-order valence-corrected chi connectivity index (χ3v) is 3.66. The summed E-state index contributed by atoms with van der Waals surface area (Å²) in [6, 6.07) is 4.76. The van der Waals surface area contributed by atoms with E-state index in [4.69, 9.17) is 4.74 Å². The molecule has 1 N–H and O–H groups in total. The van der Waals surface area contributed by atoms with Crippen LogP contribution in [0.25, 0.3) is 0 Å². The third-order valence-electron chi connectivity index (χ3n) is 3.66. The Morgan fingerprint density at radius 2 is 2.00 bits per heavy atom. The van der Waals surface area contributed by atoms with Crippen LogP contribution in [-0.4, -0.2) is 17.6 Å². The van der Waals surface area contributed by atoms with Gasteiger partial charge in [-0.2, -0.15) is 0 Å². The molecule has 0 spiro atoms. The second-order valence-electron chi connectivity index (χ2n) is 6.51. The van der Waals surface area contributed by atoms with Crippen LogP contribution in [0, 0.1) is 5.92 Å². The van der Waals surface area contributed by atoms with Gasteiger partial charge in [-0.1, -0.05) is 40.5 Å². The van der Waals surface area contributed by atoms with Crippen molar-refractivity contribution in [1.29, 1.82) is 0 Å². The minimum Gasteiger partial charge on any atom is -0.478 e. The lowest BCUT2D eigenvalue weighted by atomic mass is 10.1. The first-order valence-corrected chi connectivity index (χ1v) is 7.91. The third kappa shape index (κ3) is 5.12. The van der Waals surface area contributed by atoms with Gasteiger partial charge in [0.2, 0.25) is 5.88 Å². The molecule has 1 saturated carbocycles. The quantitative estimate of drug-likeness (QED) is 0.782. The second kappa shape index (κ2) is 7.07. The van der Waals surface area contributed by atoms with E-state index < -0.39 is 0 Å². The van der Waals surface area contributed by atoms with E-state index in [1.165, 1.54) is 24.8 Å². The molecule has 1 fully saturated rings. The first kappa shape index (κ1) is 15.3. The number of ether oxygens (including phenoxy) is 1. The van der Waals surface area contributed by atoms with E-state index in [1.807, 2.05) is 0 Å². The Kier molecular flexibility index (Phi) is 5.41. The van der Waals surface area contributed by atoms with Crippen molar-refractivity contribution in [3.05, 3.63) is 23.4 Å². The smallest absolute Gasteiger partial charge is 0.213 e. The maximum Gasteiger partial charge on any atom is 0.213 e. The molecule has 3 nitrogen and oxygen atoms in total. The molecule has 2 rings (SSSR count). The average Bonchev–Trinajstić information content (AvgIpc) is 3.20. The lowest BCUT2D eigenvalue weighted by Gasteiger charge is -2.13. The molecule has 0 aromatic carbocycles. The second-order valence-corrected chi connectivity index (χ2v) is 6.51. The van der Waals surface area contributed by atoms with E-state index >= 15 is 0 Å². The van der Waals surface area contributed by atoms with E-state index in [0.717, 1.165) is 30.6 Å². The Labute approximate surface area is 123 Å². The number of hydrogen-bond acceptors (Lipinski definition) is 3. The highest BCUT2D eigenvalue weighted by atomic mass is 16.5. The Bertz CT molecular complexity index is 425. The van der Waals surface area contributed by atoms with Gasteiger partial charge in [0.1, 0.15) is 0 Å². The highest BCUT2D eigenvalue weighted by Crippen LogP contribution is 2.32. The summed E-state index contributed by atoms with van der Waals surface area (Å²) < 4.78 is 5.86. The highest BCUT2D eigenvalue weighted by molar-refractivity contribution is 5.26. The topological polar surface area (TPSA) is 34.1 Å². The molecule has 1 aromatic heterocycles. The first-order chi connectivity index (χ1) is 9.54. The van der Waals surface area contributed by atoms with Gasteiger partial charge < -0.3 is 10.1 Å². The fourth-order valence-electron chi connectivity index (χ4n) is 2.11. The van der Waals surface area contributed by atoms with Crippen molar-refractivity contribution in [1.82, 2.24) is 10.3 Å². The van der Waals surface area contributed by atoms with Crippen molar-refractivity contribution in [2.75, 3.05) is 6.61 Å². The van der Waals surface area contributed by atoms with Crippen molar-refractivity contribution in [3.8, 4) is 5.88 Å². The number of hydrogen-bond donors (Lipinski definition) is 1. The summed E-state index contributed by atoms with van der Waals surface area (Å²) >= 11 is 0. The lowest BCUT2D eigenvalue weighted by Crippen LogP contribution is -2.22. The predicted molar refractivity (Wildman–Crippen MR) is 83.1 cm³/mol. The van der Waals surface area contributed by atoms with E-state index in [9.17, 15) is 0 Å². The molecule has 112 valence electrons. The first-order valence-electron chi connectivity index (χ1n) is 7.91. The van der Waals surface area contributed by atoms with E-state index in [0.29, 0.717) is 12.0 Å². The van der Waals surface area contributed by atoms with Gasteiger partial charge in [-0.25, -0.2) is 4.98 Å². The minimum atomic E-state index is 0.430. The van der Waals surface area contributed by atoms with Gasteiger partial charge in [0.15, 0.2) is 0 Å². The standard InChI is InChI=1S/C17H28N2O/c1-12(2)16-9-15(11-18-13(3)4)10-17(19-16)20-8-7-14-5-6-14/h9-10,12-14,18H,5-8,11H2,1-4H3. The largest absolute Gasteiger partial charge is 0.478 e. The van der Waals surface area contributed by atoms with Gasteiger partial charge in [-0.3, -0.25) is 0 Å². The van der Waals surface area contributed by atoms with Gasteiger partial charge in [0, 0.05) is 24.3 Å². The summed E-state index contributed by atoms with van der Waals surface area (Å²) in [7, 11) is 0. The summed E-state index contributed by atoms with van der Waals surface area (Å²) in [5.74, 6) is 2.13. The number of nitrogens with zero attached hydrogens (tertiary/aromatic N) is 1. The fourth-order valence-corrected chi connectivity index (χ4v) is 2.11. The Balaban J connectivity index is 1.99. The van der Waals surface area contributed by atoms with Crippen LogP contribution in [0.1, 0.15) is 64.1 Å². The van der Waals surface area contributed by atoms with Crippen LogP contribution in [0.5, 0.6) is 5.88 Å². The summed E-state index contributed by atoms with van der Waals surface area (Å²) in [6.07, 6.45) is 3.94. The van der Waals surface area contributed by atoms with Crippen LogP contribution < -0.4 is 10.1 Å². The Hall–Kier alpha value is -1.09. The van der Waals surface area contributed by atoms with E-state index in [1.54, 1.807) is 0 Å². The monoisotopic (exact) mass is 276 g/mol. The molecule has 1 aliphatic rings. The van der Waals surface area contributed by atoms with Crippen LogP contribution in [-0.2, 0) is 6.54 Å². The van der Waals surface area contributed by atoms with Gasteiger partial charge in [-0.15, -0.1) is 0 Å². The maximum absolute atomic E-state index is 5.86. The zero-order valence-electron chi connectivity index (χ0n) is 13.3. The van der Waals surface area contributed by atoms with E-state index in [-0.39, 0.29) is 0 Å². The lowest BCUT2D eigenvalue weighted by molar-refractivity contribution is 0.290. The van der Waals surface area contributed by atoms with Gasteiger partial charge in [0.05, 0.1) is 6.61 Å². The summed E-state index contributed by atoms with van der Waals surface area (Å²) in [6.45, 7) is 10.4. The number of pyridine rings is 1. The number of aromatic nitrogens is 1. The number of nitrogens with one attached hydrogen (secondary N) is 1. The Morgan fingerprint density at radius 3 is 2.60 bits per heavy atom. The van der Waals surface area contributed by atoms with Crippen LogP contribution in [0.4, 0.5) is 0 Å². The van der Waals surface area contributed by atoms with Crippen molar-refractivity contribution in [2.24, 2.45) is 5.92 Å². The molecule has 1 aliphatic carbocycles. The van der Waals surface area contributed by atoms with Crippen LogP contribution in [0.2, 0.25) is 0 Å². The molecule has 0 bridgehead atoms. The summed E-state index contributed by atoms with van der Waals surface area (Å²) in [4.78, 5) is 4.63. The van der Waals surface area contributed by atoms with Crippen molar-refractivity contribution < 1.29 is 4.74 Å². The molecule has 0 atom stereocenters. The molecule has 3 heteroatoms. The van der Waals surface area contributed by atoms with Crippen LogP contribution in [0.3, 0.4) is 0 Å². The molecular formula is C17H28N2O. The maximum atomic E-state index is 5.86. The molecule has 20 heavy (non-hydrogen) atoms. The van der Waals surface area contributed by atoms with Gasteiger partial charge >= 0.3 is 0 Å². The fraction of sp³-hybridized carbons (Fsp3) is 0.706. The Morgan fingerprint density at radius 1 is 1.25 bits per heavy atom. The molecule has 0 saturated heterocycles. The van der Waals surface area contributed by atoms with Crippen molar-refractivity contribution >= 4 is 0 Å². The molecule has 0 amide bonds. The normalized spacial score (nSPS) is 15.1. The van der Waals surface area contributed by atoms with Gasteiger partial charge in [0.25, 0.3) is 0 Å². The van der Waals surface area contributed by atoms with E-state index in [2.05, 4.69) is 50.1 Å². The number of rotatable bonds is 8. The zero-order valence-corrected chi connectivity index (χ0v) is 13.3. The van der Waals surface area contributed by atoms with Crippen molar-refractivity contribution in [2.45, 2.75) is 65.5 Å². The van der Waals surface area contributed by atoms with Crippen molar-refractivity contribution in [3.63, 3.8) is 0 Å². The average molecular weight is 276 g/mol. The summed E-state index contributed by atoms with van der Waals surface area (Å²) in [5.41, 5.74) is 2.38. The SMILES string of the molecule is CC(C)NCc1cc(OCCC2CC2)nc(C(C)C)c1. The minimum absolute atomic E-state index is 0.430. The highest BCUT2D eigenvalue weighted by Gasteiger charge is 2.20. The van der Waals surface area contributed by atoms with Gasteiger partial charge in [-0.05, 0) is 29.9 Å². The summed E-state index contributed by atoms with van der Waals surface area (Å²) in [5, 5.41) is 3.46. The molecule has 0 unspecified atom stereocenters.